The van der Waals surface area contributed by atoms with Crippen LogP contribution in [0.2, 0.25) is 0 Å². The van der Waals surface area contributed by atoms with Crippen LogP contribution in [-0.4, -0.2) is 16.5 Å². The summed E-state index contributed by atoms with van der Waals surface area (Å²) < 4.78 is 0. The first-order chi connectivity index (χ1) is 7.74. The molecule has 4 heteroatoms. The highest BCUT2D eigenvalue weighted by Gasteiger charge is 2.17. The summed E-state index contributed by atoms with van der Waals surface area (Å²) in [5.74, 6) is 2.99. The van der Waals surface area contributed by atoms with E-state index in [1.54, 1.807) is 12.4 Å². The first-order valence-electron chi connectivity index (χ1n) is 6.05. The van der Waals surface area contributed by atoms with Crippen molar-refractivity contribution in [2.75, 3.05) is 17.6 Å². The first-order valence-corrected chi connectivity index (χ1v) is 6.05. The molecule has 1 aliphatic carbocycles. The first kappa shape index (κ1) is 11.2. The molecular formula is C12H20N4. The zero-order valence-corrected chi connectivity index (χ0v) is 9.82. The van der Waals surface area contributed by atoms with Crippen LogP contribution < -0.4 is 11.1 Å². The molecule has 0 amide bonds. The number of anilines is 2. The molecule has 0 atom stereocenters. The van der Waals surface area contributed by atoms with Crippen molar-refractivity contribution in [1.29, 1.82) is 0 Å². The third kappa shape index (κ3) is 3.08. The van der Waals surface area contributed by atoms with Crippen molar-refractivity contribution in [1.82, 2.24) is 9.97 Å². The number of nitrogens with zero attached hydrogens (tertiary/aromatic N) is 2. The van der Waals surface area contributed by atoms with Crippen molar-refractivity contribution in [3.63, 3.8) is 0 Å². The van der Waals surface area contributed by atoms with Gasteiger partial charge in [0.1, 0.15) is 11.6 Å². The van der Waals surface area contributed by atoms with Gasteiger partial charge in [-0.3, -0.25) is 0 Å². The second kappa shape index (κ2) is 5.14. The Morgan fingerprint density at radius 1 is 1.25 bits per heavy atom. The van der Waals surface area contributed by atoms with Gasteiger partial charge in [-0.2, -0.15) is 0 Å². The molecule has 16 heavy (non-hydrogen) atoms. The minimum absolute atomic E-state index is 0.469. The maximum atomic E-state index is 5.48. The zero-order chi connectivity index (χ0) is 11.4. The minimum atomic E-state index is 0.469. The zero-order valence-electron chi connectivity index (χ0n) is 9.82. The van der Waals surface area contributed by atoms with Gasteiger partial charge in [-0.15, -0.1) is 0 Å². The molecule has 1 saturated carbocycles. The Kier molecular flexibility index (Phi) is 3.59. The van der Waals surface area contributed by atoms with Crippen LogP contribution in [0.5, 0.6) is 0 Å². The number of nitrogens with one attached hydrogen (secondary N) is 1. The van der Waals surface area contributed by atoms with E-state index < -0.39 is 0 Å². The predicted octanol–water partition coefficient (Wildman–Crippen LogP) is 2.30. The Morgan fingerprint density at radius 3 is 2.62 bits per heavy atom. The average molecular weight is 220 g/mol. The fourth-order valence-electron chi connectivity index (χ4n) is 2.21. The molecule has 1 aromatic heterocycles. The van der Waals surface area contributed by atoms with Crippen LogP contribution in [0.3, 0.4) is 0 Å². The topological polar surface area (TPSA) is 63.8 Å². The van der Waals surface area contributed by atoms with Gasteiger partial charge >= 0.3 is 0 Å². The van der Waals surface area contributed by atoms with Crippen LogP contribution in [0, 0.1) is 11.8 Å². The lowest BCUT2D eigenvalue weighted by Crippen LogP contribution is -2.20. The molecule has 2 rings (SSSR count). The second-order valence-electron chi connectivity index (χ2n) is 4.83. The lowest BCUT2D eigenvalue weighted by atomic mass is 9.83. The van der Waals surface area contributed by atoms with Crippen LogP contribution in [-0.2, 0) is 0 Å². The third-order valence-electron chi connectivity index (χ3n) is 3.38. The monoisotopic (exact) mass is 220 g/mol. The van der Waals surface area contributed by atoms with E-state index in [9.17, 15) is 0 Å². The average Bonchev–Trinajstić information content (AvgIpc) is 2.30. The molecule has 0 unspecified atom stereocenters. The van der Waals surface area contributed by atoms with Crippen LogP contribution in [0.1, 0.15) is 32.6 Å². The van der Waals surface area contributed by atoms with Gasteiger partial charge < -0.3 is 11.1 Å². The highest BCUT2D eigenvalue weighted by Crippen LogP contribution is 2.28. The molecule has 3 N–H and O–H groups in total. The number of aromatic nitrogens is 2. The highest BCUT2D eigenvalue weighted by atomic mass is 15.0. The quantitative estimate of drug-likeness (QED) is 0.820. The van der Waals surface area contributed by atoms with Crippen molar-refractivity contribution >= 4 is 11.6 Å². The van der Waals surface area contributed by atoms with Crippen molar-refractivity contribution < 1.29 is 0 Å². The van der Waals surface area contributed by atoms with E-state index in [4.69, 9.17) is 5.73 Å². The molecule has 0 spiro atoms. The van der Waals surface area contributed by atoms with Gasteiger partial charge in [0.05, 0.1) is 12.4 Å². The van der Waals surface area contributed by atoms with Gasteiger partial charge in [0.2, 0.25) is 0 Å². The minimum Gasteiger partial charge on any atom is -0.382 e. The summed E-state index contributed by atoms with van der Waals surface area (Å²) >= 11 is 0. The Labute approximate surface area is 96.7 Å². The number of hydrogen-bond acceptors (Lipinski definition) is 4. The van der Waals surface area contributed by atoms with Crippen molar-refractivity contribution in [2.45, 2.75) is 32.6 Å². The molecule has 0 bridgehead atoms. The van der Waals surface area contributed by atoms with Gasteiger partial charge in [0.25, 0.3) is 0 Å². The molecule has 1 fully saturated rings. The fourth-order valence-corrected chi connectivity index (χ4v) is 2.21. The maximum Gasteiger partial charge on any atom is 0.144 e. The molecule has 1 heterocycles. The van der Waals surface area contributed by atoms with Gasteiger partial charge in [0, 0.05) is 6.54 Å². The Morgan fingerprint density at radius 2 is 2.00 bits per heavy atom. The van der Waals surface area contributed by atoms with Gasteiger partial charge in [-0.05, 0) is 24.7 Å². The predicted molar refractivity (Wildman–Crippen MR) is 66.1 cm³/mol. The number of rotatable bonds is 3. The van der Waals surface area contributed by atoms with E-state index in [0.29, 0.717) is 5.82 Å². The number of nitrogen functional groups attached to an aromatic ring is 1. The fraction of sp³-hybridized carbons (Fsp3) is 0.667. The number of hydrogen-bond donors (Lipinski definition) is 2. The van der Waals surface area contributed by atoms with E-state index in [0.717, 1.165) is 24.2 Å². The summed E-state index contributed by atoms with van der Waals surface area (Å²) in [6, 6.07) is 0. The van der Waals surface area contributed by atoms with E-state index >= 15 is 0 Å². The summed E-state index contributed by atoms with van der Waals surface area (Å²) in [4.78, 5) is 8.19. The third-order valence-corrected chi connectivity index (χ3v) is 3.38. The molecule has 0 aliphatic heterocycles. The van der Waals surface area contributed by atoms with Crippen LogP contribution >= 0.6 is 0 Å². The van der Waals surface area contributed by atoms with E-state index in [1.165, 1.54) is 25.7 Å². The normalized spacial score (nSPS) is 25.3. The molecule has 0 saturated heterocycles. The Hall–Kier alpha value is -1.32. The molecule has 88 valence electrons. The van der Waals surface area contributed by atoms with Crippen LogP contribution in [0.4, 0.5) is 11.6 Å². The highest BCUT2D eigenvalue weighted by molar-refractivity contribution is 5.35. The molecule has 1 aromatic rings. The SMILES string of the molecule is CC1CCC(CNc2cnc(N)cn2)CC1. The molecule has 1 aliphatic rings. The Bertz CT molecular complexity index is 314. The lowest BCUT2D eigenvalue weighted by molar-refractivity contribution is 0.300. The Balaban J connectivity index is 1.77. The van der Waals surface area contributed by atoms with E-state index in [1.807, 2.05) is 0 Å². The van der Waals surface area contributed by atoms with Gasteiger partial charge in [0.15, 0.2) is 0 Å². The number of nitrogens with two attached hydrogens (primary N) is 1. The summed E-state index contributed by atoms with van der Waals surface area (Å²) in [6.07, 6.45) is 8.67. The molecular weight excluding hydrogens is 200 g/mol. The van der Waals surface area contributed by atoms with Gasteiger partial charge in [-0.25, -0.2) is 9.97 Å². The van der Waals surface area contributed by atoms with Crippen molar-refractivity contribution in [2.24, 2.45) is 11.8 Å². The summed E-state index contributed by atoms with van der Waals surface area (Å²) in [5, 5.41) is 3.33. The van der Waals surface area contributed by atoms with Crippen molar-refractivity contribution in [3.8, 4) is 0 Å². The standard InChI is InChI=1S/C12H20N4/c1-9-2-4-10(5-3-9)6-15-12-8-14-11(13)7-16-12/h7-10H,2-6H2,1H3,(H2,13,14)(H,15,16). The maximum absolute atomic E-state index is 5.48. The van der Waals surface area contributed by atoms with Crippen molar-refractivity contribution in [3.05, 3.63) is 12.4 Å². The smallest absolute Gasteiger partial charge is 0.144 e. The van der Waals surface area contributed by atoms with E-state index in [-0.39, 0.29) is 0 Å². The molecule has 0 radical (unpaired) electrons. The van der Waals surface area contributed by atoms with Crippen LogP contribution in [0.15, 0.2) is 12.4 Å². The summed E-state index contributed by atoms with van der Waals surface area (Å²) in [5.41, 5.74) is 5.48. The summed E-state index contributed by atoms with van der Waals surface area (Å²) in [6.45, 7) is 3.35. The summed E-state index contributed by atoms with van der Waals surface area (Å²) in [7, 11) is 0. The van der Waals surface area contributed by atoms with E-state index in [2.05, 4.69) is 22.2 Å². The molecule has 4 nitrogen and oxygen atoms in total. The van der Waals surface area contributed by atoms with Gasteiger partial charge in [-0.1, -0.05) is 19.8 Å². The van der Waals surface area contributed by atoms with Crippen LogP contribution in [0.25, 0.3) is 0 Å². The lowest BCUT2D eigenvalue weighted by Gasteiger charge is -2.26. The molecule has 0 aromatic carbocycles. The second-order valence-corrected chi connectivity index (χ2v) is 4.83. The largest absolute Gasteiger partial charge is 0.382 e.